The predicted molar refractivity (Wildman–Crippen MR) is 65.7 cm³/mol. The fraction of sp³-hybridized carbons (Fsp3) is 0.385. The lowest BCUT2D eigenvalue weighted by Crippen LogP contribution is -2.00. The van der Waals surface area contributed by atoms with Gasteiger partial charge in [0.2, 0.25) is 0 Å². The summed E-state index contributed by atoms with van der Waals surface area (Å²) in [5, 5.41) is 14.3. The quantitative estimate of drug-likeness (QED) is 0.861. The van der Waals surface area contributed by atoms with Crippen LogP contribution in [0, 0.1) is 0 Å². The average Bonchev–Trinajstić information content (AvgIpc) is 2.96. The lowest BCUT2D eigenvalue weighted by atomic mass is 10.0. The molecule has 0 saturated carbocycles. The molecule has 0 bridgehead atoms. The molecule has 2 heterocycles. The lowest BCUT2D eigenvalue weighted by molar-refractivity contribution is 0.165. The van der Waals surface area contributed by atoms with Crippen molar-refractivity contribution in [3.63, 3.8) is 0 Å². The van der Waals surface area contributed by atoms with E-state index in [1.54, 1.807) is 17.6 Å². The van der Waals surface area contributed by atoms with Crippen LogP contribution in [0.5, 0.6) is 0 Å². The van der Waals surface area contributed by atoms with Gasteiger partial charge in [-0.25, -0.2) is 0 Å². The van der Waals surface area contributed by atoms with Crippen LogP contribution in [-0.2, 0) is 12.8 Å². The minimum absolute atomic E-state index is 0.409. The van der Waals surface area contributed by atoms with E-state index in [-0.39, 0.29) is 0 Å². The Balaban J connectivity index is 1.95. The van der Waals surface area contributed by atoms with Crippen LogP contribution < -0.4 is 0 Å². The van der Waals surface area contributed by atoms with Gasteiger partial charge in [-0.2, -0.15) is 11.3 Å². The molecule has 0 amide bonds. The van der Waals surface area contributed by atoms with E-state index in [4.69, 9.17) is 4.42 Å². The largest absolute Gasteiger partial charge is 0.469 e. The van der Waals surface area contributed by atoms with Gasteiger partial charge in [-0.1, -0.05) is 6.92 Å². The molecule has 1 unspecified atom stereocenters. The summed E-state index contributed by atoms with van der Waals surface area (Å²) in [5.41, 5.74) is 2.24. The second kappa shape index (κ2) is 5.32. The highest BCUT2D eigenvalue weighted by Gasteiger charge is 2.14. The Kier molecular flexibility index (Phi) is 3.80. The molecule has 0 aliphatic carbocycles. The van der Waals surface area contributed by atoms with Gasteiger partial charge in [0.05, 0.1) is 12.4 Å². The fourth-order valence-corrected chi connectivity index (χ4v) is 2.53. The number of aryl methyl sites for hydroxylation is 2. The van der Waals surface area contributed by atoms with Crippen LogP contribution in [0.1, 0.15) is 36.3 Å². The van der Waals surface area contributed by atoms with Crippen LogP contribution in [0.15, 0.2) is 33.6 Å². The smallest absolute Gasteiger partial charge is 0.109 e. The van der Waals surface area contributed by atoms with E-state index in [0.29, 0.717) is 0 Å². The molecule has 0 aliphatic rings. The third kappa shape index (κ3) is 2.54. The first-order valence-electron chi connectivity index (χ1n) is 5.56. The van der Waals surface area contributed by atoms with Gasteiger partial charge in [0.15, 0.2) is 0 Å². The summed E-state index contributed by atoms with van der Waals surface area (Å²) in [6, 6.07) is 3.98. The molecule has 2 aromatic rings. The van der Waals surface area contributed by atoms with E-state index in [1.165, 1.54) is 5.56 Å². The monoisotopic (exact) mass is 236 g/mol. The van der Waals surface area contributed by atoms with Gasteiger partial charge >= 0.3 is 0 Å². The Hall–Kier alpha value is -1.06. The topological polar surface area (TPSA) is 33.4 Å². The first kappa shape index (κ1) is 11.4. The van der Waals surface area contributed by atoms with E-state index in [1.807, 2.05) is 13.0 Å². The molecule has 2 nitrogen and oxygen atoms in total. The standard InChI is InChI=1S/C13H16O2S/c1-2-13-11(5-7-15-13)12(14)4-3-10-6-8-16-9-10/h5-9,12,14H,2-4H2,1H3. The van der Waals surface area contributed by atoms with Crippen LogP contribution in [0.2, 0.25) is 0 Å². The van der Waals surface area contributed by atoms with E-state index in [9.17, 15) is 5.11 Å². The van der Waals surface area contributed by atoms with Gasteiger partial charge < -0.3 is 9.52 Å². The molecule has 0 aromatic carbocycles. The Morgan fingerprint density at radius 2 is 2.31 bits per heavy atom. The van der Waals surface area contributed by atoms with Crippen molar-refractivity contribution >= 4 is 11.3 Å². The summed E-state index contributed by atoms with van der Waals surface area (Å²) in [5.74, 6) is 0.901. The lowest BCUT2D eigenvalue weighted by Gasteiger charge is -2.09. The molecular weight excluding hydrogens is 220 g/mol. The van der Waals surface area contributed by atoms with E-state index < -0.39 is 6.10 Å². The maximum atomic E-state index is 10.1. The Bertz CT molecular complexity index is 417. The molecule has 1 N–H and O–H groups in total. The van der Waals surface area contributed by atoms with Crippen molar-refractivity contribution in [3.05, 3.63) is 46.0 Å². The summed E-state index contributed by atoms with van der Waals surface area (Å²) < 4.78 is 5.31. The van der Waals surface area contributed by atoms with Crippen molar-refractivity contribution in [1.82, 2.24) is 0 Å². The molecule has 86 valence electrons. The molecule has 1 atom stereocenters. The Labute approximate surface area is 99.5 Å². The zero-order valence-corrected chi connectivity index (χ0v) is 10.2. The first-order chi connectivity index (χ1) is 7.81. The van der Waals surface area contributed by atoms with Gasteiger partial charge in [-0.05, 0) is 41.3 Å². The Morgan fingerprint density at radius 3 is 3.00 bits per heavy atom. The molecule has 3 heteroatoms. The van der Waals surface area contributed by atoms with Crippen LogP contribution in [0.25, 0.3) is 0 Å². The van der Waals surface area contributed by atoms with Crippen molar-refractivity contribution in [3.8, 4) is 0 Å². The zero-order valence-electron chi connectivity index (χ0n) is 9.35. The van der Waals surface area contributed by atoms with Gasteiger partial charge in [-0.15, -0.1) is 0 Å². The molecule has 0 spiro atoms. The fourth-order valence-electron chi connectivity index (χ4n) is 1.83. The second-order valence-electron chi connectivity index (χ2n) is 3.84. The van der Waals surface area contributed by atoms with Gasteiger partial charge in [0.1, 0.15) is 5.76 Å². The van der Waals surface area contributed by atoms with Gasteiger partial charge in [-0.3, -0.25) is 0 Å². The van der Waals surface area contributed by atoms with E-state index in [0.717, 1.165) is 30.6 Å². The average molecular weight is 236 g/mol. The number of aliphatic hydroxyl groups is 1. The summed E-state index contributed by atoms with van der Waals surface area (Å²) in [6.45, 7) is 2.04. The van der Waals surface area contributed by atoms with Crippen LogP contribution >= 0.6 is 11.3 Å². The molecule has 2 rings (SSSR count). The van der Waals surface area contributed by atoms with E-state index >= 15 is 0 Å². The molecular formula is C13H16O2S. The Morgan fingerprint density at radius 1 is 1.44 bits per heavy atom. The maximum absolute atomic E-state index is 10.1. The highest BCUT2D eigenvalue weighted by Crippen LogP contribution is 2.24. The number of aliphatic hydroxyl groups excluding tert-OH is 1. The molecule has 2 aromatic heterocycles. The number of hydrogen-bond acceptors (Lipinski definition) is 3. The predicted octanol–water partition coefficient (Wildman–Crippen LogP) is 3.57. The maximum Gasteiger partial charge on any atom is 0.109 e. The van der Waals surface area contributed by atoms with Crippen molar-refractivity contribution in [1.29, 1.82) is 0 Å². The number of hydrogen-bond donors (Lipinski definition) is 1. The zero-order chi connectivity index (χ0) is 11.4. The van der Waals surface area contributed by atoms with Crippen LogP contribution in [-0.4, -0.2) is 5.11 Å². The van der Waals surface area contributed by atoms with Crippen LogP contribution in [0.4, 0.5) is 0 Å². The van der Waals surface area contributed by atoms with Crippen molar-refractivity contribution in [2.75, 3.05) is 0 Å². The second-order valence-corrected chi connectivity index (χ2v) is 4.62. The van der Waals surface area contributed by atoms with Crippen molar-refractivity contribution < 1.29 is 9.52 Å². The summed E-state index contributed by atoms with van der Waals surface area (Å²) >= 11 is 1.70. The van der Waals surface area contributed by atoms with E-state index in [2.05, 4.69) is 16.8 Å². The number of furan rings is 1. The summed E-state index contributed by atoms with van der Waals surface area (Å²) in [6.07, 6.45) is 3.75. The highest BCUT2D eigenvalue weighted by molar-refractivity contribution is 7.07. The molecule has 0 aliphatic heterocycles. The van der Waals surface area contributed by atoms with Gasteiger partial charge in [0.25, 0.3) is 0 Å². The minimum Gasteiger partial charge on any atom is -0.469 e. The third-order valence-corrected chi connectivity index (χ3v) is 3.48. The normalized spacial score (nSPS) is 12.9. The van der Waals surface area contributed by atoms with Crippen LogP contribution in [0.3, 0.4) is 0 Å². The SMILES string of the molecule is CCc1occc1C(O)CCc1ccsc1. The van der Waals surface area contributed by atoms with Crippen molar-refractivity contribution in [2.45, 2.75) is 32.3 Å². The molecule has 16 heavy (non-hydrogen) atoms. The summed E-state index contributed by atoms with van der Waals surface area (Å²) in [4.78, 5) is 0. The highest BCUT2D eigenvalue weighted by atomic mass is 32.1. The molecule has 0 radical (unpaired) electrons. The number of rotatable bonds is 5. The number of thiophene rings is 1. The minimum atomic E-state index is -0.409. The van der Waals surface area contributed by atoms with Gasteiger partial charge in [0, 0.05) is 12.0 Å². The van der Waals surface area contributed by atoms with Crippen molar-refractivity contribution in [2.24, 2.45) is 0 Å². The molecule has 0 saturated heterocycles. The summed E-state index contributed by atoms with van der Waals surface area (Å²) in [7, 11) is 0. The molecule has 0 fully saturated rings. The third-order valence-electron chi connectivity index (χ3n) is 2.75. The first-order valence-corrected chi connectivity index (χ1v) is 6.51.